The first-order valence-electron chi connectivity index (χ1n) is 3.32. The highest BCUT2D eigenvalue weighted by Crippen LogP contribution is 2.18. The van der Waals surface area contributed by atoms with E-state index in [9.17, 15) is 8.78 Å². The van der Waals surface area contributed by atoms with Crippen molar-refractivity contribution in [3.05, 3.63) is 29.8 Å². The number of rotatable bonds is 2. The fraction of sp³-hybridized carbons (Fsp3) is 0.143. The highest BCUT2D eigenvalue weighted by molar-refractivity contribution is 6.26. The fourth-order valence-electron chi connectivity index (χ4n) is 0.751. The standard InChI is InChI=1S/C7H7BF2O/c1-8-11-6-4-2-3-5(9)7(6)10/h2-4,8H,1H3. The summed E-state index contributed by atoms with van der Waals surface area (Å²) >= 11 is 0. The second-order valence-corrected chi connectivity index (χ2v) is 1.98. The van der Waals surface area contributed by atoms with Gasteiger partial charge in [-0.05, 0) is 12.1 Å². The summed E-state index contributed by atoms with van der Waals surface area (Å²) in [7, 11) is 0.334. The van der Waals surface area contributed by atoms with E-state index in [2.05, 4.69) is 0 Å². The molecule has 58 valence electrons. The predicted octanol–water partition coefficient (Wildman–Crippen LogP) is 1.74. The maximum atomic E-state index is 12.7. The second kappa shape index (κ2) is 3.37. The summed E-state index contributed by atoms with van der Waals surface area (Å²) in [5.41, 5.74) is 0. The quantitative estimate of drug-likeness (QED) is 0.592. The van der Waals surface area contributed by atoms with Crippen LogP contribution in [-0.4, -0.2) is 7.48 Å². The van der Waals surface area contributed by atoms with Crippen LogP contribution in [0.2, 0.25) is 6.82 Å². The summed E-state index contributed by atoms with van der Waals surface area (Å²) in [5, 5.41) is 0. The monoisotopic (exact) mass is 156 g/mol. The number of halogens is 2. The summed E-state index contributed by atoms with van der Waals surface area (Å²) in [4.78, 5) is 0. The lowest BCUT2D eigenvalue weighted by atomic mass is 10.1. The minimum atomic E-state index is -0.922. The minimum absolute atomic E-state index is 0.0347. The van der Waals surface area contributed by atoms with E-state index in [-0.39, 0.29) is 5.75 Å². The SMILES string of the molecule is CBOc1cccc(F)c1F. The molecule has 0 amide bonds. The van der Waals surface area contributed by atoms with E-state index in [1.165, 1.54) is 12.1 Å². The van der Waals surface area contributed by atoms with Crippen LogP contribution in [0.15, 0.2) is 18.2 Å². The first-order valence-corrected chi connectivity index (χ1v) is 3.32. The molecule has 0 radical (unpaired) electrons. The van der Waals surface area contributed by atoms with Gasteiger partial charge in [0.25, 0.3) is 0 Å². The Morgan fingerprint density at radius 2 is 2.09 bits per heavy atom. The van der Waals surface area contributed by atoms with E-state index < -0.39 is 11.6 Å². The van der Waals surface area contributed by atoms with E-state index in [4.69, 9.17) is 4.65 Å². The molecule has 1 aromatic rings. The van der Waals surface area contributed by atoms with Crippen molar-refractivity contribution >= 4 is 7.48 Å². The van der Waals surface area contributed by atoms with E-state index in [1.54, 1.807) is 6.82 Å². The van der Waals surface area contributed by atoms with Crippen molar-refractivity contribution in [2.45, 2.75) is 6.82 Å². The summed E-state index contributed by atoms with van der Waals surface area (Å²) in [6.45, 7) is 1.71. The Bertz CT molecular complexity index is 252. The zero-order chi connectivity index (χ0) is 8.27. The molecule has 1 nitrogen and oxygen atoms in total. The largest absolute Gasteiger partial charge is 0.563 e. The Morgan fingerprint density at radius 3 is 2.73 bits per heavy atom. The molecule has 1 aromatic carbocycles. The van der Waals surface area contributed by atoms with Gasteiger partial charge in [-0.25, -0.2) is 4.39 Å². The summed E-state index contributed by atoms with van der Waals surface area (Å²) in [6.07, 6.45) is 0. The van der Waals surface area contributed by atoms with Crippen molar-refractivity contribution < 1.29 is 13.4 Å². The van der Waals surface area contributed by atoms with Gasteiger partial charge in [-0.1, -0.05) is 12.9 Å². The molecule has 0 saturated carbocycles. The molecular formula is C7H7BF2O. The van der Waals surface area contributed by atoms with E-state index in [0.717, 1.165) is 6.07 Å². The molecule has 0 atom stereocenters. The summed E-state index contributed by atoms with van der Waals surface area (Å²) in [5.74, 6) is -1.84. The van der Waals surface area contributed by atoms with Gasteiger partial charge >= 0.3 is 7.48 Å². The van der Waals surface area contributed by atoms with E-state index >= 15 is 0 Å². The maximum absolute atomic E-state index is 12.7. The lowest BCUT2D eigenvalue weighted by molar-refractivity contribution is 0.461. The van der Waals surface area contributed by atoms with Crippen molar-refractivity contribution in [1.29, 1.82) is 0 Å². The van der Waals surface area contributed by atoms with Gasteiger partial charge in [0.05, 0.1) is 0 Å². The second-order valence-electron chi connectivity index (χ2n) is 1.98. The lowest BCUT2D eigenvalue weighted by Gasteiger charge is -2.03. The molecule has 0 unspecified atom stereocenters. The molecule has 0 saturated heterocycles. The Balaban J connectivity index is 2.96. The molecule has 11 heavy (non-hydrogen) atoms. The van der Waals surface area contributed by atoms with Gasteiger partial charge in [-0.15, -0.1) is 0 Å². The van der Waals surface area contributed by atoms with Crippen LogP contribution in [0.5, 0.6) is 5.75 Å². The zero-order valence-corrected chi connectivity index (χ0v) is 6.10. The first-order chi connectivity index (χ1) is 5.25. The molecule has 0 fully saturated rings. The summed E-state index contributed by atoms with van der Waals surface area (Å²) < 4.78 is 29.9. The molecule has 0 aromatic heterocycles. The van der Waals surface area contributed by atoms with Gasteiger partial charge < -0.3 is 4.65 Å². The smallest absolute Gasteiger partial charge is 0.337 e. The third kappa shape index (κ3) is 1.70. The molecule has 0 heterocycles. The Morgan fingerprint density at radius 1 is 1.36 bits per heavy atom. The van der Waals surface area contributed by atoms with Crippen molar-refractivity contribution in [2.75, 3.05) is 0 Å². The van der Waals surface area contributed by atoms with Crippen molar-refractivity contribution in [3.63, 3.8) is 0 Å². The maximum Gasteiger partial charge on any atom is 0.337 e. The van der Waals surface area contributed by atoms with Gasteiger partial charge in [-0.2, -0.15) is 4.39 Å². The molecule has 0 spiro atoms. The highest BCUT2D eigenvalue weighted by atomic mass is 19.2. The average molecular weight is 156 g/mol. The third-order valence-electron chi connectivity index (χ3n) is 1.22. The molecule has 0 bridgehead atoms. The normalized spacial score (nSPS) is 9.36. The molecular weight excluding hydrogens is 149 g/mol. The fourth-order valence-corrected chi connectivity index (χ4v) is 0.751. The van der Waals surface area contributed by atoms with Gasteiger partial charge in [0.15, 0.2) is 11.6 Å². The molecule has 0 aliphatic heterocycles. The Labute approximate surface area is 64.3 Å². The number of hydrogen-bond acceptors (Lipinski definition) is 1. The summed E-state index contributed by atoms with van der Waals surface area (Å²) in [6, 6.07) is 3.85. The van der Waals surface area contributed by atoms with Crippen LogP contribution in [0.25, 0.3) is 0 Å². The van der Waals surface area contributed by atoms with Crippen LogP contribution >= 0.6 is 0 Å². The third-order valence-corrected chi connectivity index (χ3v) is 1.22. The molecule has 0 aliphatic rings. The van der Waals surface area contributed by atoms with Crippen LogP contribution in [-0.2, 0) is 0 Å². The Kier molecular flexibility index (Phi) is 2.46. The van der Waals surface area contributed by atoms with Crippen LogP contribution < -0.4 is 4.65 Å². The topological polar surface area (TPSA) is 9.23 Å². The molecule has 4 heteroatoms. The van der Waals surface area contributed by atoms with Crippen molar-refractivity contribution in [2.24, 2.45) is 0 Å². The van der Waals surface area contributed by atoms with E-state index in [1.807, 2.05) is 0 Å². The highest BCUT2D eigenvalue weighted by Gasteiger charge is 2.06. The first kappa shape index (κ1) is 8.05. The van der Waals surface area contributed by atoms with Crippen LogP contribution in [0.3, 0.4) is 0 Å². The minimum Gasteiger partial charge on any atom is -0.563 e. The van der Waals surface area contributed by atoms with Crippen LogP contribution in [0.4, 0.5) is 8.78 Å². The molecule has 0 N–H and O–H groups in total. The van der Waals surface area contributed by atoms with Gasteiger partial charge in [0.1, 0.15) is 5.75 Å². The Hall–Kier alpha value is -1.06. The van der Waals surface area contributed by atoms with Gasteiger partial charge in [0, 0.05) is 0 Å². The number of hydrogen-bond donors (Lipinski definition) is 0. The zero-order valence-electron chi connectivity index (χ0n) is 6.10. The van der Waals surface area contributed by atoms with Crippen LogP contribution in [0.1, 0.15) is 0 Å². The molecule has 0 aliphatic carbocycles. The number of benzene rings is 1. The van der Waals surface area contributed by atoms with Crippen LogP contribution in [0, 0.1) is 11.6 Å². The van der Waals surface area contributed by atoms with Gasteiger partial charge in [-0.3, -0.25) is 0 Å². The molecule has 1 rings (SSSR count). The average Bonchev–Trinajstić information content (AvgIpc) is 1.99. The van der Waals surface area contributed by atoms with E-state index in [0.29, 0.717) is 7.48 Å². The van der Waals surface area contributed by atoms with Gasteiger partial charge in [0.2, 0.25) is 0 Å². The predicted molar refractivity (Wildman–Crippen MR) is 40.0 cm³/mol. The van der Waals surface area contributed by atoms with Crippen molar-refractivity contribution in [1.82, 2.24) is 0 Å². The van der Waals surface area contributed by atoms with Crippen molar-refractivity contribution in [3.8, 4) is 5.75 Å². The lowest BCUT2D eigenvalue weighted by Crippen LogP contribution is -1.99.